The Balaban J connectivity index is 2.18. The fraction of sp³-hybridized carbons (Fsp3) is 0.889. The average Bonchev–Trinajstić information content (AvgIpc) is 2.06. The number of aldehydes is 1. The van der Waals surface area contributed by atoms with Crippen molar-refractivity contribution in [1.82, 2.24) is 0 Å². The smallest absolute Gasteiger partial charge is 0.122 e. The zero-order valence-electron chi connectivity index (χ0n) is 7.08. The predicted octanol–water partition coefficient (Wildman–Crippen LogP) is 1.64. The molecule has 1 fully saturated rings. The van der Waals surface area contributed by atoms with Crippen LogP contribution in [0.3, 0.4) is 0 Å². The Morgan fingerprint density at radius 1 is 1.73 bits per heavy atom. The summed E-state index contributed by atoms with van der Waals surface area (Å²) in [6, 6.07) is 0. The monoisotopic (exact) mass is 156 g/mol. The van der Waals surface area contributed by atoms with Crippen molar-refractivity contribution in [3.05, 3.63) is 0 Å². The second-order valence-electron chi connectivity index (χ2n) is 3.43. The van der Waals surface area contributed by atoms with Gasteiger partial charge in [0.15, 0.2) is 0 Å². The van der Waals surface area contributed by atoms with Gasteiger partial charge in [-0.2, -0.15) is 0 Å². The molecule has 0 spiro atoms. The molecular weight excluding hydrogens is 140 g/mol. The summed E-state index contributed by atoms with van der Waals surface area (Å²) in [6.07, 6.45) is 4.44. The molecule has 0 radical (unpaired) electrons. The Morgan fingerprint density at radius 3 is 3.09 bits per heavy atom. The van der Waals surface area contributed by atoms with Gasteiger partial charge in [-0.1, -0.05) is 6.92 Å². The van der Waals surface area contributed by atoms with Gasteiger partial charge in [0.2, 0.25) is 0 Å². The van der Waals surface area contributed by atoms with Crippen LogP contribution in [-0.4, -0.2) is 19.5 Å². The molecule has 2 heteroatoms. The molecule has 1 aliphatic rings. The molecule has 0 aromatic rings. The van der Waals surface area contributed by atoms with E-state index in [1.165, 1.54) is 6.42 Å². The Bertz CT molecular complexity index is 117. The third-order valence-electron chi connectivity index (χ3n) is 2.19. The maximum absolute atomic E-state index is 10.3. The lowest BCUT2D eigenvalue weighted by Gasteiger charge is -2.22. The molecule has 0 amide bonds. The van der Waals surface area contributed by atoms with E-state index in [4.69, 9.17) is 4.74 Å². The van der Waals surface area contributed by atoms with Crippen molar-refractivity contribution < 1.29 is 9.53 Å². The van der Waals surface area contributed by atoms with Crippen LogP contribution in [0.1, 0.15) is 26.2 Å². The highest BCUT2D eigenvalue weighted by Crippen LogP contribution is 2.20. The van der Waals surface area contributed by atoms with Crippen molar-refractivity contribution >= 4 is 6.29 Å². The van der Waals surface area contributed by atoms with Gasteiger partial charge in [0.25, 0.3) is 0 Å². The van der Waals surface area contributed by atoms with Crippen LogP contribution in [0.5, 0.6) is 0 Å². The van der Waals surface area contributed by atoms with Crippen LogP contribution >= 0.6 is 0 Å². The molecule has 1 saturated heterocycles. The number of carbonyl (C=O) groups is 1. The molecule has 0 bridgehead atoms. The number of hydrogen-bond acceptors (Lipinski definition) is 2. The lowest BCUT2D eigenvalue weighted by atomic mass is 9.92. The molecule has 0 aliphatic carbocycles. The van der Waals surface area contributed by atoms with E-state index < -0.39 is 0 Å². The predicted molar refractivity (Wildman–Crippen MR) is 43.4 cm³/mol. The minimum atomic E-state index is 0.210. The summed E-state index contributed by atoms with van der Waals surface area (Å²) in [5.74, 6) is 0.839. The Hall–Kier alpha value is -0.370. The quantitative estimate of drug-likeness (QED) is 0.581. The van der Waals surface area contributed by atoms with Gasteiger partial charge in [0, 0.05) is 19.1 Å². The summed E-state index contributed by atoms with van der Waals surface area (Å²) in [6.45, 7) is 3.74. The molecule has 2 nitrogen and oxygen atoms in total. The lowest BCUT2D eigenvalue weighted by molar-refractivity contribution is -0.111. The third kappa shape index (κ3) is 3.02. The van der Waals surface area contributed by atoms with E-state index in [0.29, 0.717) is 5.92 Å². The van der Waals surface area contributed by atoms with Crippen LogP contribution in [0.2, 0.25) is 0 Å². The minimum absolute atomic E-state index is 0.210. The van der Waals surface area contributed by atoms with E-state index in [1.54, 1.807) is 0 Å². The van der Waals surface area contributed by atoms with Crippen molar-refractivity contribution in [3.63, 3.8) is 0 Å². The minimum Gasteiger partial charge on any atom is -0.381 e. The molecule has 0 aromatic carbocycles. The molecule has 64 valence electrons. The van der Waals surface area contributed by atoms with Gasteiger partial charge in [-0.25, -0.2) is 0 Å². The number of ether oxygens (including phenoxy) is 1. The highest BCUT2D eigenvalue weighted by molar-refractivity contribution is 5.52. The first-order valence-corrected chi connectivity index (χ1v) is 4.36. The van der Waals surface area contributed by atoms with Crippen molar-refractivity contribution in [2.45, 2.75) is 26.2 Å². The van der Waals surface area contributed by atoms with Gasteiger partial charge in [0.1, 0.15) is 6.29 Å². The van der Waals surface area contributed by atoms with Gasteiger partial charge >= 0.3 is 0 Å². The Kier molecular flexibility index (Phi) is 3.57. The third-order valence-corrected chi connectivity index (χ3v) is 2.19. The van der Waals surface area contributed by atoms with E-state index in [2.05, 4.69) is 0 Å². The highest BCUT2D eigenvalue weighted by Gasteiger charge is 2.16. The van der Waals surface area contributed by atoms with Gasteiger partial charge < -0.3 is 9.53 Å². The fourth-order valence-corrected chi connectivity index (χ4v) is 1.57. The topological polar surface area (TPSA) is 26.3 Å². The van der Waals surface area contributed by atoms with Crippen LogP contribution < -0.4 is 0 Å². The first kappa shape index (κ1) is 8.72. The summed E-state index contributed by atoms with van der Waals surface area (Å²) in [4.78, 5) is 10.3. The van der Waals surface area contributed by atoms with Crippen molar-refractivity contribution in [3.8, 4) is 0 Å². The van der Waals surface area contributed by atoms with Gasteiger partial charge in [0.05, 0.1) is 0 Å². The standard InChI is InChI=1S/C9H16O2/c1-8(6-10)5-9-3-2-4-11-7-9/h6,8-9H,2-5,7H2,1H3. The van der Waals surface area contributed by atoms with Gasteiger partial charge in [-0.15, -0.1) is 0 Å². The maximum Gasteiger partial charge on any atom is 0.122 e. The average molecular weight is 156 g/mol. The van der Waals surface area contributed by atoms with Gasteiger partial charge in [-0.05, 0) is 25.2 Å². The normalized spacial score (nSPS) is 27.9. The largest absolute Gasteiger partial charge is 0.381 e. The van der Waals surface area contributed by atoms with Crippen LogP contribution in [-0.2, 0) is 9.53 Å². The lowest BCUT2D eigenvalue weighted by Crippen LogP contribution is -2.19. The molecular formula is C9H16O2. The SMILES string of the molecule is CC(C=O)CC1CCCOC1. The van der Waals surface area contributed by atoms with Crippen LogP contribution in [0, 0.1) is 11.8 Å². The summed E-state index contributed by atoms with van der Waals surface area (Å²) < 4.78 is 5.31. The molecule has 0 saturated carbocycles. The highest BCUT2D eigenvalue weighted by atomic mass is 16.5. The summed E-state index contributed by atoms with van der Waals surface area (Å²) in [5, 5.41) is 0. The summed E-state index contributed by atoms with van der Waals surface area (Å²) >= 11 is 0. The maximum atomic E-state index is 10.3. The second kappa shape index (κ2) is 4.50. The molecule has 2 atom stereocenters. The molecule has 1 rings (SSSR count). The zero-order valence-corrected chi connectivity index (χ0v) is 7.08. The molecule has 0 N–H and O–H groups in total. The molecule has 2 unspecified atom stereocenters. The van der Waals surface area contributed by atoms with E-state index in [9.17, 15) is 4.79 Å². The first-order chi connectivity index (χ1) is 5.33. The molecule has 0 aromatic heterocycles. The Morgan fingerprint density at radius 2 is 2.55 bits per heavy atom. The van der Waals surface area contributed by atoms with Gasteiger partial charge in [-0.3, -0.25) is 0 Å². The number of hydrogen-bond donors (Lipinski definition) is 0. The molecule has 1 aliphatic heterocycles. The van der Waals surface area contributed by atoms with E-state index in [-0.39, 0.29) is 5.92 Å². The van der Waals surface area contributed by atoms with E-state index in [0.717, 1.165) is 32.3 Å². The zero-order chi connectivity index (χ0) is 8.10. The number of rotatable bonds is 3. The molecule has 1 heterocycles. The van der Waals surface area contributed by atoms with Crippen molar-refractivity contribution in [1.29, 1.82) is 0 Å². The summed E-state index contributed by atoms with van der Waals surface area (Å²) in [7, 11) is 0. The van der Waals surface area contributed by atoms with Crippen LogP contribution in [0.15, 0.2) is 0 Å². The first-order valence-electron chi connectivity index (χ1n) is 4.36. The second-order valence-corrected chi connectivity index (χ2v) is 3.43. The number of carbonyl (C=O) groups excluding carboxylic acids is 1. The molecule has 11 heavy (non-hydrogen) atoms. The van der Waals surface area contributed by atoms with E-state index in [1.807, 2.05) is 6.92 Å². The van der Waals surface area contributed by atoms with Crippen LogP contribution in [0.25, 0.3) is 0 Å². The van der Waals surface area contributed by atoms with Crippen molar-refractivity contribution in [2.75, 3.05) is 13.2 Å². The van der Waals surface area contributed by atoms with Crippen LogP contribution in [0.4, 0.5) is 0 Å². The fourth-order valence-electron chi connectivity index (χ4n) is 1.57. The Labute approximate surface area is 67.9 Å². The van der Waals surface area contributed by atoms with Crippen molar-refractivity contribution in [2.24, 2.45) is 11.8 Å². The van der Waals surface area contributed by atoms with E-state index >= 15 is 0 Å². The summed E-state index contributed by atoms with van der Waals surface area (Å²) in [5.41, 5.74) is 0.